The summed E-state index contributed by atoms with van der Waals surface area (Å²) in [7, 11) is 0. The van der Waals surface area contributed by atoms with Crippen LogP contribution in [-0.4, -0.2) is 36.7 Å². The van der Waals surface area contributed by atoms with Crippen LogP contribution in [0.5, 0.6) is 5.75 Å². The fourth-order valence-corrected chi connectivity index (χ4v) is 2.54. The first kappa shape index (κ1) is 14.7. The Morgan fingerprint density at radius 1 is 1.40 bits per heavy atom. The highest BCUT2D eigenvalue weighted by Crippen LogP contribution is 2.17. The molecular formula is C16H24N2O2. The van der Waals surface area contributed by atoms with Crippen molar-refractivity contribution in [1.29, 1.82) is 0 Å². The van der Waals surface area contributed by atoms with Crippen molar-refractivity contribution in [3.63, 3.8) is 0 Å². The van der Waals surface area contributed by atoms with Crippen LogP contribution in [-0.2, 0) is 0 Å². The highest BCUT2D eigenvalue weighted by Gasteiger charge is 2.22. The molecule has 0 saturated carbocycles. The summed E-state index contributed by atoms with van der Waals surface area (Å²) in [6.07, 6.45) is 3.44. The molecule has 1 fully saturated rings. The molecule has 1 saturated heterocycles. The third-order valence-electron chi connectivity index (χ3n) is 3.79. The molecule has 0 spiro atoms. The van der Waals surface area contributed by atoms with Crippen LogP contribution in [0.2, 0.25) is 0 Å². The third kappa shape index (κ3) is 3.89. The minimum absolute atomic E-state index is 0.0329. The normalized spacial score (nSPS) is 18.7. The number of carbonyl (C=O) groups is 1. The molecular weight excluding hydrogens is 252 g/mol. The molecule has 4 nitrogen and oxygen atoms in total. The fraction of sp³-hybridized carbons (Fsp3) is 0.562. The highest BCUT2D eigenvalue weighted by atomic mass is 16.5. The smallest absolute Gasteiger partial charge is 0.317 e. The molecule has 1 aromatic rings. The molecule has 0 bridgehead atoms. The molecule has 0 aromatic heterocycles. The van der Waals surface area contributed by atoms with Crippen LogP contribution in [0.15, 0.2) is 24.3 Å². The van der Waals surface area contributed by atoms with Gasteiger partial charge in [-0.25, -0.2) is 4.79 Å². The van der Waals surface area contributed by atoms with Gasteiger partial charge in [-0.15, -0.1) is 0 Å². The molecule has 0 aliphatic carbocycles. The van der Waals surface area contributed by atoms with Crippen molar-refractivity contribution in [2.75, 3.05) is 19.7 Å². The Balaban J connectivity index is 1.70. The number of ether oxygens (including phenoxy) is 1. The maximum absolute atomic E-state index is 12.0. The van der Waals surface area contributed by atoms with Gasteiger partial charge in [0.2, 0.25) is 0 Å². The van der Waals surface area contributed by atoms with Gasteiger partial charge in [-0.1, -0.05) is 18.2 Å². The van der Waals surface area contributed by atoms with Crippen molar-refractivity contribution in [2.24, 2.45) is 0 Å². The Hall–Kier alpha value is -1.71. The Morgan fingerprint density at radius 3 is 2.95 bits per heavy atom. The van der Waals surface area contributed by atoms with E-state index < -0.39 is 0 Å². The van der Waals surface area contributed by atoms with Gasteiger partial charge in [-0.05, 0) is 44.7 Å². The largest absolute Gasteiger partial charge is 0.491 e. The minimum atomic E-state index is 0.0329. The maximum Gasteiger partial charge on any atom is 0.317 e. The summed E-state index contributed by atoms with van der Waals surface area (Å²) >= 11 is 0. The Morgan fingerprint density at radius 2 is 2.20 bits per heavy atom. The van der Waals surface area contributed by atoms with Crippen molar-refractivity contribution in [3.05, 3.63) is 29.8 Å². The lowest BCUT2D eigenvalue weighted by Gasteiger charge is -2.33. The van der Waals surface area contributed by atoms with E-state index in [1.54, 1.807) is 0 Å². The number of nitrogens with one attached hydrogen (secondary N) is 1. The predicted molar refractivity (Wildman–Crippen MR) is 80.1 cm³/mol. The average molecular weight is 276 g/mol. The minimum Gasteiger partial charge on any atom is -0.491 e. The van der Waals surface area contributed by atoms with Gasteiger partial charge in [-0.3, -0.25) is 0 Å². The number of aryl methyl sites for hydroxylation is 1. The molecule has 1 N–H and O–H groups in total. The number of carbonyl (C=O) groups excluding carboxylic acids is 1. The molecule has 1 aromatic carbocycles. The first-order valence-electron chi connectivity index (χ1n) is 7.41. The summed E-state index contributed by atoms with van der Waals surface area (Å²) in [4.78, 5) is 14.0. The zero-order valence-corrected chi connectivity index (χ0v) is 12.4. The lowest BCUT2D eigenvalue weighted by molar-refractivity contribution is 0.156. The summed E-state index contributed by atoms with van der Waals surface area (Å²) in [5.74, 6) is 0.882. The van der Waals surface area contributed by atoms with Crippen molar-refractivity contribution < 1.29 is 9.53 Å². The van der Waals surface area contributed by atoms with Crippen LogP contribution in [0.1, 0.15) is 31.7 Å². The first-order chi connectivity index (χ1) is 9.68. The van der Waals surface area contributed by atoms with Crippen LogP contribution < -0.4 is 10.1 Å². The number of likely N-dealkylation sites (tertiary alicyclic amines) is 1. The maximum atomic E-state index is 12.0. The number of piperidine rings is 1. The molecule has 110 valence electrons. The van der Waals surface area contributed by atoms with Gasteiger partial charge >= 0.3 is 6.03 Å². The summed E-state index contributed by atoms with van der Waals surface area (Å²) < 4.78 is 5.67. The van der Waals surface area contributed by atoms with Crippen LogP contribution >= 0.6 is 0 Å². The second kappa shape index (κ2) is 7.17. The topological polar surface area (TPSA) is 41.6 Å². The standard InChI is InChI=1S/C16H24N2O2/c1-13-7-3-4-9-15(13)20-12-10-17-16(19)18-11-6-5-8-14(18)2/h3-4,7,9,14H,5-6,8,10-12H2,1-2H3,(H,17,19). The van der Waals surface area contributed by atoms with Gasteiger partial charge < -0.3 is 15.0 Å². The number of hydrogen-bond acceptors (Lipinski definition) is 2. The number of benzene rings is 1. The number of amides is 2. The molecule has 0 radical (unpaired) electrons. The molecule has 1 atom stereocenters. The zero-order chi connectivity index (χ0) is 14.4. The summed E-state index contributed by atoms with van der Waals surface area (Å²) in [5, 5.41) is 2.93. The van der Waals surface area contributed by atoms with E-state index in [1.807, 2.05) is 36.1 Å². The van der Waals surface area contributed by atoms with E-state index >= 15 is 0 Å². The van der Waals surface area contributed by atoms with Gasteiger partial charge in [0, 0.05) is 12.6 Å². The Kier molecular flexibility index (Phi) is 5.27. The van der Waals surface area contributed by atoms with Crippen molar-refractivity contribution in [1.82, 2.24) is 10.2 Å². The third-order valence-corrected chi connectivity index (χ3v) is 3.79. The number of hydrogen-bond donors (Lipinski definition) is 1. The molecule has 2 amide bonds. The van der Waals surface area contributed by atoms with Gasteiger partial charge in [0.05, 0.1) is 6.54 Å². The van der Waals surface area contributed by atoms with Crippen LogP contribution in [0, 0.1) is 6.92 Å². The number of urea groups is 1. The van der Waals surface area contributed by atoms with Gasteiger partial charge in [-0.2, -0.15) is 0 Å². The predicted octanol–water partition coefficient (Wildman–Crippen LogP) is 2.96. The molecule has 1 heterocycles. The lowest BCUT2D eigenvalue weighted by atomic mass is 10.0. The van der Waals surface area contributed by atoms with Gasteiger partial charge in [0.1, 0.15) is 12.4 Å². The Bertz CT molecular complexity index is 448. The highest BCUT2D eigenvalue weighted by molar-refractivity contribution is 5.74. The van der Waals surface area contributed by atoms with Crippen LogP contribution in [0.3, 0.4) is 0 Å². The summed E-state index contributed by atoms with van der Waals surface area (Å²) in [5.41, 5.74) is 1.11. The molecule has 4 heteroatoms. The number of para-hydroxylation sites is 1. The number of nitrogens with zero attached hydrogens (tertiary/aromatic N) is 1. The summed E-state index contributed by atoms with van der Waals surface area (Å²) in [6.45, 7) is 6.03. The lowest BCUT2D eigenvalue weighted by Crippen LogP contribution is -2.48. The number of rotatable bonds is 4. The van der Waals surface area contributed by atoms with E-state index in [9.17, 15) is 4.79 Å². The van der Waals surface area contributed by atoms with Crippen LogP contribution in [0.25, 0.3) is 0 Å². The second-order valence-electron chi connectivity index (χ2n) is 5.38. The van der Waals surface area contributed by atoms with Gasteiger partial charge in [0.15, 0.2) is 0 Å². The van der Waals surface area contributed by atoms with E-state index in [-0.39, 0.29) is 6.03 Å². The Labute approximate surface area is 121 Å². The second-order valence-corrected chi connectivity index (χ2v) is 5.38. The quantitative estimate of drug-likeness (QED) is 0.859. The van der Waals surface area contributed by atoms with Crippen molar-refractivity contribution in [2.45, 2.75) is 39.2 Å². The fourth-order valence-electron chi connectivity index (χ4n) is 2.54. The van der Waals surface area contributed by atoms with E-state index in [1.165, 1.54) is 6.42 Å². The average Bonchev–Trinajstić information content (AvgIpc) is 2.45. The van der Waals surface area contributed by atoms with Gasteiger partial charge in [0.25, 0.3) is 0 Å². The molecule has 1 aliphatic heterocycles. The van der Waals surface area contributed by atoms with E-state index in [4.69, 9.17) is 4.74 Å². The monoisotopic (exact) mass is 276 g/mol. The van der Waals surface area contributed by atoms with Crippen molar-refractivity contribution >= 4 is 6.03 Å². The van der Waals surface area contributed by atoms with E-state index in [0.717, 1.165) is 30.7 Å². The van der Waals surface area contributed by atoms with E-state index in [2.05, 4.69) is 12.2 Å². The molecule has 20 heavy (non-hydrogen) atoms. The SMILES string of the molecule is Cc1ccccc1OCCNC(=O)N1CCCCC1C. The van der Waals surface area contributed by atoms with Crippen molar-refractivity contribution in [3.8, 4) is 5.75 Å². The van der Waals surface area contributed by atoms with Crippen LogP contribution in [0.4, 0.5) is 4.79 Å². The zero-order valence-electron chi connectivity index (χ0n) is 12.4. The molecule has 2 rings (SSSR count). The first-order valence-corrected chi connectivity index (χ1v) is 7.41. The molecule has 1 unspecified atom stereocenters. The van der Waals surface area contributed by atoms with E-state index in [0.29, 0.717) is 19.2 Å². The molecule has 1 aliphatic rings. The summed E-state index contributed by atoms with van der Waals surface area (Å²) in [6, 6.07) is 8.29.